The van der Waals surface area contributed by atoms with Crippen molar-refractivity contribution in [1.82, 2.24) is 9.80 Å². The molecule has 6 heteroatoms. The van der Waals surface area contributed by atoms with Gasteiger partial charge in [-0.25, -0.2) is 0 Å². The summed E-state index contributed by atoms with van der Waals surface area (Å²) < 4.78 is 0. The first-order chi connectivity index (χ1) is 7.15. The number of hydrogen-bond donors (Lipinski definition) is 0. The zero-order valence-corrected chi connectivity index (χ0v) is 9.42. The van der Waals surface area contributed by atoms with Crippen LogP contribution in [0.2, 0.25) is 0 Å². The van der Waals surface area contributed by atoms with E-state index in [0.29, 0.717) is 24.6 Å². The fourth-order valence-corrected chi connectivity index (χ4v) is 2.07. The molecule has 2 amide bonds. The van der Waals surface area contributed by atoms with Gasteiger partial charge in [0.25, 0.3) is 0 Å². The molecule has 1 heterocycles. The van der Waals surface area contributed by atoms with Crippen LogP contribution in [0, 0.1) is 11.3 Å². The van der Waals surface area contributed by atoms with Crippen molar-refractivity contribution in [2.24, 2.45) is 0 Å². The van der Waals surface area contributed by atoms with Gasteiger partial charge in [0, 0.05) is 13.6 Å². The third-order valence-corrected chi connectivity index (χ3v) is 3.08. The number of nitriles is 1. The highest BCUT2D eigenvalue weighted by molar-refractivity contribution is 8.00. The van der Waals surface area contributed by atoms with Gasteiger partial charge in [0.15, 0.2) is 0 Å². The zero-order chi connectivity index (χ0) is 11.3. The molecule has 15 heavy (non-hydrogen) atoms. The Balaban J connectivity index is 2.34. The Morgan fingerprint density at radius 3 is 3.00 bits per heavy atom. The summed E-state index contributed by atoms with van der Waals surface area (Å²) in [6.07, 6.45) is 0.324. The third-order valence-electron chi connectivity index (χ3n) is 2.14. The van der Waals surface area contributed by atoms with E-state index in [2.05, 4.69) is 0 Å². The fraction of sp³-hybridized carbons (Fsp3) is 0.667. The average Bonchev–Trinajstić information content (AvgIpc) is 2.61. The van der Waals surface area contributed by atoms with Crippen LogP contribution >= 0.6 is 11.8 Å². The molecule has 0 radical (unpaired) electrons. The molecule has 0 bridgehead atoms. The molecule has 1 aliphatic rings. The van der Waals surface area contributed by atoms with Crippen molar-refractivity contribution >= 4 is 23.6 Å². The van der Waals surface area contributed by atoms with Crippen molar-refractivity contribution in [3.05, 3.63) is 0 Å². The van der Waals surface area contributed by atoms with Gasteiger partial charge in [-0.15, -0.1) is 11.8 Å². The molecule has 1 aliphatic heterocycles. The predicted octanol–water partition coefficient (Wildman–Crippen LogP) is -0.109. The minimum Gasteiger partial charge on any atom is -0.343 e. The lowest BCUT2D eigenvalue weighted by molar-refractivity contribution is -0.137. The molecule has 0 aromatic carbocycles. The number of thioether (sulfide) groups is 1. The molecular formula is C9H13N3O2S. The van der Waals surface area contributed by atoms with Crippen LogP contribution in [-0.2, 0) is 9.59 Å². The number of nitrogens with zero attached hydrogens (tertiary/aromatic N) is 3. The lowest BCUT2D eigenvalue weighted by Crippen LogP contribution is -2.39. The summed E-state index contributed by atoms with van der Waals surface area (Å²) in [5.41, 5.74) is 0. The second kappa shape index (κ2) is 5.61. The Morgan fingerprint density at radius 1 is 1.73 bits per heavy atom. The number of carbonyl (C=O) groups is 2. The van der Waals surface area contributed by atoms with Crippen molar-refractivity contribution in [3.8, 4) is 6.07 Å². The average molecular weight is 227 g/mol. The summed E-state index contributed by atoms with van der Waals surface area (Å²) in [4.78, 5) is 25.8. The van der Waals surface area contributed by atoms with Gasteiger partial charge in [-0.2, -0.15) is 5.26 Å². The van der Waals surface area contributed by atoms with Crippen molar-refractivity contribution in [2.45, 2.75) is 6.42 Å². The van der Waals surface area contributed by atoms with Crippen LogP contribution in [0.1, 0.15) is 6.42 Å². The lowest BCUT2D eigenvalue weighted by Gasteiger charge is -2.20. The van der Waals surface area contributed by atoms with Gasteiger partial charge in [0.1, 0.15) is 6.54 Å². The quantitative estimate of drug-likeness (QED) is 0.672. The number of hydrogen-bond acceptors (Lipinski definition) is 4. The molecule has 82 valence electrons. The summed E-state index contributed by atoms with van der Waals surface area (Å²) in [6.45, 7) is 0.554. The topological polar surface area (TPSA) is 64.4 Å². The smallest absolute Gasteiger partial charge is 0.242 e. The molecule has 0 aromatic rings. The van der Waals surface area contributed by atoms with E-state index < -0.39 is 0 Å². The van der Waals surface area contributed by atoms with Crippen LogP contribution in [0.15, 0.2) is 0 Å². The SMILES string of the molecule is CN(CCC#N)C(=O)CN1CSCC1=O. The molecule has 1 saturated heterocycles. The van der Waals surface area contributed by atoms with Crippen LogP contribution in [0.25, 0.3) is 0 Å². The first-order valence-electron chi connectivity index (χ1n) is 4.61. The number of amides is 2. The van der Waals surface area contributed by atoms with Crippen LogP contribution < -0.4 is 0 Å². The van der Waals surface area contributed by atoms with Crippen molar-refractivity contribution < 1.29 is 9.59 Å². The van der Waals surface area contributed by atoms with E-state index >= 15 is 0 Å². The molecule has 0 atom stereocenters. The molecular weight excluding hydrogens is 214 g/mol. The van der Waals surface area contributed by atoms with Gasteiger partial charge in [0.2, 0.25) is 11.8 Å². The normalized spacial score (nSPS) is 15.2. The van der Waals surface area contributed by atoms with E-state index in [-0.39, 0.29) is 18.4 Å². The maximum atomic E-state index is 11.6. The van der Waals surface area contributed by atoms with E-state index in [1.807, 2.05) is 6.07 Å². The maximum absolute atomic E-state index is 11.6. The maximum Gasteiger partial charge on any atom is 0.242 e. The van der Waals surface area contributed by atoms with E-state index in [4.69, 9.17) is 5.26 Å². The first-order valence-corrected chi connectivity index (χ1v) is 5.77. The second-order valence-corrected chi connectivity index (χ2v) is 4.25. The minimum atomic E-state index is -0.110. The monoisotopic (exact) mass is 227 g/mol. The molecule has 1 rings (SSSR count). The molecule has 0 spiro atoms. The van der Waals surface area contributed by atoms with E-state index in [9.17, 15) is 9.59 Å². The summed E-state index contributed by atoms with van der Waals surface area (Å²) in [7, 11) is 1.65. The van der Waals surface area contributed by atoms with E-state index in [1.54, 1.807) is 7.05 Å². The Kier molecular flexibility index (Phi) is 4.43. The van der Waals surface area contributed by atoms with Gasteiger partial charge in [-0.1, -0.05) is 0 Å². The van der Waals surface area contributed by atoms with Crippen molar-refractivity contribution in [2.75, 3.05) is 31.8 Å². The van der Waals surface area contributed by atoms with Crippen LogP contribution in [0.4, 0.5) is 0 Å². The highest BCUT2D eigenvalue weighted by Gasteiger charge is 2.23. The van der Waals surface area contributed by atoms with Gasteiger partial charge >= 0.3 is 0 Å². The van der Waals surface area contributed by atoms with E-state index in [1.165, 1.54) is 21.6 Å². The summed E-state index contributed by atoms with van der Waals surface area (Å²) in [6, 6.07) is 1.98. The van der Waals surface area contributed by atoms with Crippen LogP contribution in [0.5, 0.6) is 0 Å². The largest absolute Gasteiger partial charge is 0.343 e. The van der Waals surface area contributed by atoms with E-state index in [0.717, 1.165) is 0 Å². The lowest BCUT2D eigenvalue weighted by atomic mass is 10.4. The van der Waals surface area contributed by atoms with Crippen molar-refractivity contribution in [3.63, 3.8) is 0 Å². The Morgan fingerprint density at radius 2 is 2.47 bits per heavy atom. The molecule has 0 N–H and O–H groups in total. The van der Waals surface area contributed by atoms with Crippen LogP contribution in [0.3, 0.4) is 0 Å². The molecule has 0 saturated carbocycles. The molecule has 0 aliphatic carbocycles. The Bertz CT molecular complexity index is 300. The van der Waals surface area contributed by atoms with Crippen molar-refractivity contribution in [1.29, 1.82) is 5.26 Å². The standard InChI is InChI=1S/C9H13N3O2S/c1-11(4-2-3-10)8(13)5-12-7-15-6-9(12)14/h2,4-7H2,1H3. The fourth-order valence-electron chi connectivity index (χ4n) is 1.17. The first kappa shape index (κ1) is 11.9. The summed E-state index contributed by atoms with van der Waals surface area (Å²) >= 11 is 1.52. The number of carbonyl (C=O) groups excluding carboxylic acids is 2. The number of likely N-dealkylation sites (N-methyl/N-ethyl adjacent to an activating group) is 1. The van der Waals surface area contributed by atoms with Gasteiger partial charge in [-0.3, -0.25) is 9.59 Å². The summed E-state index contributed by atoms with van der Waals surface area (Å²) in [5.74, 6) is 0.967. The third kappa shape index (κ3) is 3.44. The molecule has 1 fully saturated rings. The Labute approximate surface area is 93.0 Å². The summed E-state index contributed by atoms with van der Waals surface area (Å²) in [5, 5.41) is 8.37. The minimum absolute atomic E-state index is 0.0158. The zero-order valence-electron chi connectivity index (χ0n) is 8.60. The highest BCUT2D eigenvalue weighted by atomic mass is 32.2. The van der Waals surface area contributed by atoms with Gasteiger partial charge in [0.05, 0.1) is 24.1 Å². The molecule has 0 aromatic heterocycles. The van der Waals surface area contributed by atoms with Gasteiger partial charge in [-0.05, 0) is 0 Å². The molecule has 5 nitrogen and oxygen atoms in total. The predicted molar refractivity (Wildman–Crippen MR) is 56.9 cm³/mol. The van der Waals surface area contributed by atoms with Crippen LogP contribution in [-0.4, -0.2) is 53.4 Å². The molecule has 0 unspecified atom stereocenters. The number of rotatable bonds is 4. The highest BCUT2D eigenvalue weighted by Crippen LogP contribution is 2.14. The Hall–Kier alpha value is -1.22. The second-order valence-electron chi connectivity index (χ2n) is 3.29. The van der Waals surface area contributed by atoms with Gasteiger partial charge < -0.3 is 9.80 Å².